The Labute approximate surface area is 248 Å². The van der Waals surface area contributed by atoms with Gasteiger partial charge in [-0.1, -0.05) is 32.0 Å². The van der Waals surface area contributed by atoms with Crippen LogP contribution in [0.15, 0.2) is 36.4 Å². The third-order valence-corrected chi connectivity index (χ3v) is 9.37. The number of carbonyl (C=O) groups is 2. The third-order valence-electron chi connectivity index (χ3n) is 8.79. The van der Waals surface area contributed by atoms with Gasteiger partial charge in [-0.3, -0.25) is 19.2 Å². The van der Waals surface area contributed by atoms with E-state index >= 15 is 4.39 Å². The Hall–Kier alpha value is -2.98. The van der Waals surface area contributed by atoms with E-state index in [0.29, 0.717) is 28.9 Å². The molecule has 4 atom stereocenters. The molecule has 0 bridgehead atoms. The molecule has 10 heteroatoms. The van der Waals surface area contributed by atoms with Crippen LogP contribution in [-0.2, 0) is 19.6 Å². The summed E-state index contributed by atoms with van der Waals surface area (Å²) in [6.45, 7) is 6.90. The number of hydrogen-bond acceptors (Lipinski definition) is 6. The summed E-state index contributed by atoms with van der Waals surface area (Å²) in [6, 6.07) is 10.3. The first-order valence-electron chi connectivity index (χ1n) is 14.8. The van der Waals surface area contributed by atoms with E-state index in [0.717, 1.165) is 50.5 Å². The summed E-state index contributed by atoms with van der Waals surface area (Å²) < 4.78 is 47.0. The smallest absolute Gasteiger partial charge is 0.240 e. The number of ether oxygens (including phenoxy) is 1. The van der Waals surface area contributed by atoms with Crippen molar-refractivity contribution in [3.63, 3.8) is 0 Å². The second-order valence-corrected chi connectivity index (χ2v) is 15.0. The lowest BCUT2D eigenvalue weighted by atomic mass is 9.90. The second-order valence-electron chi connectivity index (χ2n) is 13.2. The van der Waals surface area contributed by atoms with Crippen LogP contribution in [0.2, 0.25) is 0 Å². The van der Waals surface area contributed by atoms with Crippen LogP contribution in [0.3, 0.4) is 0 Å². The SMILES string of the molecule is C[C@@H](C(=O)NS(C)(=O)=O)c1ccc(O[C@@H]2CC[C@@H](NC(=O)[C@@H]3CC(C)(C)CN3C)C2)c(-c2cccc(F)c2C2CC2)c1. The predicted molar refractivity (Wildman–Crippen MR) is 160 cm³/mol. The highest BCUT2D eigenvalue weighted by molar-refractivity contribution is 7.89. The molecule has 2 amide bonds. The summed E-state index contributed by atoms with van der Waals surface area (Å²) >= 11 is 0. The average molecular weight is 600 g/mol. The molecule has 2 aromatic carbocycles. The van der Waals surface area contributed by atoms with Gasteiger partial charge in [0.25, 0.3) is 0 Å². The van der Waals surface area contributed by atoms with Crippen molar-refractivity contribution in [1.82, 2.24) is 14.9 Å². The molecule has 2 N–H and O–H groups in total. The van der Waals surface area contributed by atoms with Crippen LogP contribution < -0.4 is 14.8 Å². The number of halogens is 1. The van der Waals surface area contributed by atoms with Crippen molar-refractivity contribution in [3.05, 3.63) is 53.3 Å². The molecule has 3 fully saturated rings. The maximum Gasteiger partial charge on any atom is 0.240 e. The first kappa shape index (κ1) is 30.5. The Morgan fingerprint density at radius 2 is 1.83 bits per heavy atom. The molecule has 2 saturated carbocycles. The minimum Gasteiger partial charge on any atom is -0.490 e. The van der Waals surface area contributed by atoms with E-state index in [1.807, 2.05) is 19.2 Å². The summed E-state index contributed by atoms with van der Waals surface area (Å²) in [5.74, 6) is -0.879. The fourth-order valence-electron chi connectivity index (χ4n) is 6.59. The van der Waals surface area contributed by atoms with Crippen molar-refractivity contribution in [3.8, 4) is 16.9 Å². The lowest BCUT2D eigenvalue weighted by molar-refractivity contribution is -0.125. The monoisotopic (exact) mass is 599 g/mol. The molecule has 228 valence electrons. The van der Waals surface area contributed by atoms with Crippen molar-refractivity contribution >= 4 is 21.8 Å². The lowest BCUT2D eigenvalue weighted by Gasteiger charge is -2.22. The summed E-state index contributed by atoms with van der Waals surface area (Å²) in [6.07, 6.45) is 5.69. The van der Waals surface area contributed by atoms with E-state index in [4.69, 9.17) is 4.74 Å². The topological polar surface area (TPSA) is 105 Å². The van der Waals surface area contributed by atoms with Gasteiger partial charge < -0.3 is 10.1 Å². The van der Waals surface area contributed by atoms with Crippen LogP contribution in [0, 0.1) is 11.2 Å². The molecule has 0 spiro atoms. The quantitative estimate of drug-likeness (QED) is 0.433. The largest absolute Gasteiger partial charge is 0.490 e. The fourth-order valence-corrected chi connectivity index (χ4v) is 7.13. The number of hydrogen-bond donors (Lipinski definition) is 2. The molecule has 2 aromatic rings. The van der Waals surface area contributed by atoms with E-state index in [1.165, 1.54) is 6.07 Å². The molecule has 3 aliphatic rings. The van der Waals surface area contributed by atoms with Gasteiger partial charge in [0.2, 0.25) is 21.8 Å². The number of rotatable bonds is 9. The maximum atomic E-state index is 15.1. The van der Waals surface area contributed by atoms with E-state index < -0.39 is 21.8 Å². The van der Waals surface area contributed by atoms with Crippen molar-refractivity contribution in [1.29, 1.82) is 0 Å². The van der Waals surface area contributed by atoms with Gasteiger partial charge in [0, 0.05) is 24.6 Å². The highest BCUT2D eigenvalue weighted by Gasteiger charge is 2.40. The molecular formula is C32H42FN3O5S. The third kappa shape index (κ3) is 6.97. The van der Waals surface area contributed by atoms with E-state index in [-0.39, 0.29) is 41.2 Å². The van der Waals surface area contributed by atoms with Crippen molar-refractivity contribution in [2.24, 2.45) is 5.41 Å². The van der Waals surface area contributed by atoms with Gasteiger partial charge in [-0.05, 0) is 92.3 Å². The summed E-state index contributed by atoms with van der Waals surface area (Å²) in [7, 11) is -1.71. The van der Waals surface area contributed by atoms with Crippen molar-refractivity contribution in [2.75, 3.05) is 19.8 Å². The van der Waals surface area contributed by atoms with Gasteiger partial charge in [-0.2, -0.15) is 0 Å². The number of sulfonamides is 1. The molecule has 0 aromatic heterocycles. The highest BCUT2D eigenvalue weighted by atomic mass is 32.2. The molecule has 42 heavy (non-hydrogen) atoms. The van der Waals surface area contributed by atoms with Crippen LogP contribution in [0.4, 0.5) is 4.39 Å². The van der Waals surface area contributed by atoms with Crippen LogP contribution in [-0.4, -0.2) is 63.2 Å². The maximum absolute atomic E-state index is 15.1. The molecule has 8 nitrogen and oxygen atoms in total. The minimum absolute atomic E-state index is 0.0123. The molecular weight excluding hydrogens is 557 g/mol. The standard InChI is InChI=1S/C32H42FN3O5S/c1-19(30(37)35-42(5,39)40)21-11-14-28(25(15-21)24-7-6-8-26(33)29(24)20-9-10-20)41-23-13-12-22(16-23)34-31(38)27-17-32(2,3)18-36(27)4/h6-8,11,14-15,19-20,22-23,27H,9-10,12-13,16-18H2,1-5H3,(H,34,38)(H,35,37)/t19-,22-,23-,27+/m1/s1. The Morgan fingerprint density at radius 1 is 1.10 bits per heavy atom. The Kier molecular flexibility index (Phi) is 8.42. The van der Waals surface area contributed by atoms with E-state index in [9.17, 15) is 18.0 Å². The van der Waals surface area contributed by atoms with Gasteiger partial charge in [0.05, 0.1) is 18.2 Å². The van der Waals surface area contributed by atoms with E-state index in [1.54, 1.807) is 25.1 Å². The predicted octanol–water partition coefficient (Wildman–Crippen LogP) is 4.70. The molecule has 1 saturated heterocycles. The van der Waals surface area contributed by atoms with Gasteiger partial charge in [0.1, 0.15) is 17.7 Å². The van der Waals surface area contributed by atoms with Gasteiger partial charge in [-0.25, -0.2) is 12.8 Å². The molecule has 2 aliphatic carbocycles. The molecule has 1 heterocycles. The number of benzene rings is 2. The van der Waals surface area contributed by atoms with Gasteiger partial charge in [0.15, 0.2) is 0 Å². The van der Waals surface area contributed by atoms with Crippen LogP contribution in [0.1, 0.15) is 82.3 Å². The zero-order valence-corrected chi connectivity index (χ0v) is 25.9. The zero-order chi connectivity index (χ0) is 30.4. The molecule has 5 rings (SSSR count). The lowest BCUT2D eigenvalue weighted by Crippen LogP contribution is -2.45. The van der Waals surface area contributed by atoms with Gasteiger partial charge >= 0.3 is 0 Å². The second kappa shape index (κ2) is 11.6. The van der Waals surface area contributed by atoms with Crippen molar-refractivity contribution in [2.45, 2.75) is 89.3 Å². The highest BCUT2D eigenvalue weighted by Crippen LogP contribution is 2.48. The first-order valence-corrected chi connectivity index (χ1v) is 16.7. The van der Waals surface area contributed by atoms with Gasteiger partial charge in [-0.15, -0.1) is 0 Å². The Morgan fingerprint density at radius 3 is 2.48 bits per heavy atom. The summed E-state index contributed by atoms with van der Waals surface area (Å²) in [5.41, 5.74) is 2.76. The fraction of sp³-hybridized carbons (Fsp3) is 0.562. The van der Waals surface area contributed by atoms with Crippen molar-refractivity contribution < 1.29 is 27.1 Å². The number of likely N-dealkylation sites (N-methyl/N-ethyl adjacent to an activating group) is 1. The summed E-state index contributed by atoms with van der Waals surface area (Å²) in [4.78, 5) is 27.9. The molecule has 1 aliphatic heterocycles. The molecule has 0 radical (unpaired) electrons. The number of nitrogens with one attached hydrogen (secondary N) is 2. The van der Waals surface area contributed by atoms with Crippen LogP contribution >= 0.6 is 0 Å². The summed E-state index contributed by atoms with van der Waals surface area (Å²) in [5, 5.41) is 3.24. The zero-order valence-electron chi connectivity index (χ0n) is 25.1. The van der Waals surface area contributed by atoms with Crippen LogP contribution in [0.25, 0.3) is 11.1 Å². The Balaban J connectivity index is 1.37. The first-order chi connectivity index (χ1) is 19.7. The number of likely N-dealkylation sites (tertiary alicyclic amines) is 1. The minimum atomic E-state index is -3.71. The number of carbonyl (C=O) groups excluding carboxylic acids is 2. The van der Waals surface area contributed by atoms with E-state index in [2.05, 4.69) is 28.8 Å². The average Bonchev–Trinajstić information content (AvgIpc) is 3.57. The number of amides is 2. The normalized spacial score (nSPS) is 24.8. The Bertz CT molecular complexity index is 1470. The number of nitrogens with zero attached hydrogens (tertiary/aromatic N) is 1. The van der Waals surface area contributed by atoms with Crippen LogP contribution in [0.5, 0.6) is 5.75 Å². The molecule has 0 unspecified atom stereocenters.